The SMILES string of the molecule is CCOc1cc(NC(=O)C[C@H]2O[C@H](c3cccc(OC)c3OC)c3cc(Cl)ccc3N(CC(C)(C)CO)C2O)cc2cc(C(=O)O)oc12. The van der Waals surface area contributed by atoms with Crippen molar-refractivity contribution in [2.75, 3.05) is 44.2 Å². The van der Waals surface area contributed by atoms with E-state index in [4.69, 9.17) is 35.0 Å². The number of aliphatic hydroxyl groups excluding tert-OH is 2. The van der Waals surface area contributed by atoms with Crippen LogP contribution in [-0.4, -0.2) is 73.5 Å². The summed E-state index contributed by atoms with van der Waals surface area (Å²) >= 11 is 6.52. The number of ether oxygens (including phenoxy) is 4. The van der Waals surface area contributed by atoms with E-state index in [1.54, 1.807) is 54.3 Å². The fraction of sp³-hybridized carbons (Fsp3) is 0.371. The molecular formula is C35H39ClN2O10. The van der Waals surface area contributed by atoms with Crippen LogP contribution in [0, 0.1) is 5.41 Å². The number of fused-ring (bicyclic) bond motifs is 2. The molecule has 48 heavy (non-hydrogen) atoms. The highest BCUT2D eigenvalue weighted by Crippen LogP contribution is 2.46. The highest BCUT2D eigenvalue weighted by atomic mass is 35.5. The molecule has 1 aliphatic heterocycles. The monoisotopic (exact) mass is 682 g/mol. The summed E-state index contributed by atoms with van der Waals surface area (Å²) in [5.41, 5.74) is 1.72. The van der Waals surface area contributed by atoms with Gasteiger partial charge in [0.15, 0.2) is 29.1 Å². The molecular weight excluding hydrogens is 644 g/mol. The predicted octanol–water partition coefficient (Wildman–Crippen LogP) is 5.86. The number of methoxy groups -OCH3 is 2. The van der Waals surface area contributed by atoms with Gasteiger partial charge in [0.1, 0.15) is 12.2 Å². The molecule has 12 nitrogen and oxygen atoms in total. The van der Waals surface area contributed by atoms with Crippen LogP contribution in [0.25, 0.3) is 11.0 Å². The summed E-state index contributed by atoms with van der Waals surface area (Å²) in [5.74, 6) is -0.866. The number of nitrogens with zero attached hydrogens (tertiary/aromatic N) is 1. The van der Waals surface area contributed by atoms with Crippen LogP contribution < -0.4 is 24.4 Å². The molecule has 0 saturated carbocycles. The van der Waals surface area contributed by atoms with E-state index in [0.717, 1.165) is 0 Å². The second-order valence-corrected chi connectivity index (χ2v) is 12.6. The molecule has 1 aliphatic rings. The topological polar surface area (TPSA) is 160 Å². The molecule has 256 valence electrons. The fourth-order valence-electron chi connectivity index (χ4n) is 5.82. The minimum absolute atomic E-state index is 0.166. The summed E-state index contributed by atoms with van der Waals surface area (Å²) < 4.78 is 29.1. The number of halogens is 1. The minimum Gasteiger partial charge on any atom is -0.493 e. The molecule has 3 aromatic carbocycles. The number of carboxylic acid groups (broad SMARTS) is 1. The summed E-state index contributed by atoms with van der Waals surface area (Å²) in [5, 5.41) is 35.2. The fourth-order valence-corrected chi connectivity index (χ4v) is 6.00. The Balaban J connectivity index is 1.56. The molecule has 0 spiro atoms. The Morgan fingerprint density at radius 1 is 1.04 bits per heavy atom. The molecule has 0 fully saturated rings. The number of amides is 1. The molecule has 4 aromatic rings. The van der Waals surface area contributed by atoms with Gasteiger partial charge in [-0.25, -0.2) is 4.79 Å². The molecule has 1 aromatic heterocycles. The molecule has 5 rings (SSSR count). The molecule has 0 bridgehead atoms. The number of anilines is 2. The number of aliphatic hydroxyl groups is 2. The van der Waals surface area contributed by atoms with Crippen LogP contribution in [-0.2, 0) is 9.53 Å². The summed E-state index contributed by atoms with van der Waals surface area (Å²) in [6, 6.07) is 15.1. The van der Waals surface area contributed by atoms with Gasteiger partial charge in [-0.15, -0.1) is 0 Å². The zero-order valence-corrected chi connectivity index (χ0v) is 28.0. The first-order valence-electron chi connectivity index (χ1n) is 15.3. The number of carboxylic acids is 1. The molecule has 0 aliphatic carbocycles. The van der Waals surface area contributed by atoms with Gasteiger partial charge < -0.3 is 48.9 Å². The Labute approximate surface area is 282 Å². The summed E-state index contributed by atoms with van der Waals surface area (Å²) in [6.07, 6.45) is -3.60. The molecule has 0 radical (unpaired) electrons. The number of carbonyl (C=O) groups excluding carboxylic acids is 1. The number of aromatic carboxylic acids is 1. The molecule has 0 saturated heterocycles. The van der Waals surface area contributed by atoms with E-state index in [0.29, 0.717) is 44.4 Å². The largest absolute Gasteiger partial charge is 0.493 e. The smallest absolute Gasteiger partial charge is 0.371 e. The summed E-state index contributed by atoms with van der Waals surface area (Å²) in [4.78, 5) is 27.0. The second-order valence-electron chi connectivity index (χ2n) is 12.2. The van der Waals surface area contributed by atoms with E-state index in [1.165, 1.54) is 20.3 Å². The van der Waals surface area contributed by atoms with Crippen LogP contribution in [0.3, 0.4) is 0 Å². The summed E-state index contributed by atoms with van der Waals surface area (Å²) in [7, 11) is 3.04. The standard InChI is InChI=1S/C35H39ClN2O10/c1-6-46-26-15-21(12-19-13-28(34(42)43)48-30(19)26)37-29(40)16-27-33(41)38(17-35(2,3)18-39)24-11-10-20(36)14-23(24)31(47-27)22-8-7-9-25(44-4)32(22)45-5/h7-15,27,31,33,39,41H,6,16-18H2,1-5H3,(H,37,40)(H,42,43)/t27-,31-,33?/m1/s1. The lowest BCUT2D eigenvalue weighted by Crippen LogP contribution is -2.49. The van der Waals surface area contributed by atoms with Crippen LogP contribution >= 0.6 is 11.6 Å². The maximum absolute atomic E-state index is 13.7. The minimum atomic E-state index is -1.34. The number of hydrogen-bond donors (Lipinski definition) is 4. The molecule has 1 amide bonds. The van der Waals surface area contributed by atoms with Gasteiger partial charge in [0.05, 0.1) is 27.2 Å². The number of carbonyl (C=O) groups is 2. The lowest BCUT2D eigenvalue weighted by atomic mass is 9.92. The van der Waals surface area contributed by atoms with Crippen molar-refractivity contribution in [3.05, 3.63) is 76.5 Å². The number of nitrogens with one attached hydrogen (secondary N) is 1. The number of para-hydroxylation sites is 1. The molecule has 1 unspecified atom stereocenters. The normalized spacial score (nSPS) is 17.8. The Bertz CT molecular complexity index is 1810. The lowest BCUT2D eigenvalue weighted by Gasteiger charge is -2.37. The molecule has 13 heteroatoms. The number of benzene rings is 3. The zero-order chi connectivity index (χ0) is 34.7. The third kappa shape index (κ3) is 7.16. The molecule has 2 heterocycles. The van der Waals surface area contributed by atoms with Crippen molar-refractivity contribution in [2.45, 2.75) is 45.6 Å². The van der Waals surface area contributed by atoms with Gasteiger partial charge in [0.2, 0.25) is 11.7 Å². The van der Waals surface area contributed by atoms with Crippen LogP contribution in [0.4, 0.5) is 11.4 Å². The quantitative estimate of drug-likeness (QED) is 0.142. The number of furan rings is 1. The van der Waals surface area contributed by atoms with Gasteiger partial charge in [-0.05, 0) is 43.3 Å². The Morgan fingerprint density at radius 2 is 1.81 bits per heavy atom. The van der Waals surface area contributed by atoms with Gasteiger partial charge >= 0.3 is 5.97 Å². The predicted molar refractivity (Wildman–Crippen MR) is 180 cm³/mol. The average molecular weight is 683 g/mol. The van der Waals surface area contributed by atoms with Crippen LogP contribution in [0.2, 0.25) is 5.02 Å². The summed E-state index contributed by atoms with van der Waals surface area (Å²) in [6.45, 7) is 5.82. The average Bonchev–Trinajstić information content (AvgIpc) is 3.46. The van der Waals surface area contributed by atoms with Crippen molar-refractivity contribution in [3.63, 3.8) is 0 Å². The lowest BCUT2D eigenvalue weighted by molar-refractivity contribution is -0.124. The van der Waals surface area contributed by atoms with Crippen LogP contribution in [0.1, 0.15) is 55.0 Å². The van der Waals surface area contributed by atoms with Gasteiger partial charge in [-0.2, -0.15) is 0 Å². The van der Waals surface area contributed by atoms with Gasteiger partial charge in [0.25, 0.3) is 0 Å². The van der Waals surface area contributed by atoms with Crippen molar-refractivity contribution < 1.29 is 48.3 Å². The zero-order valence-electron chi connectivity index (χ0n) is 27.3. The van der Waals surface area contributed by atoms with Gasteiger partial charge in [0, 0.05) is 57.5 Å². The van der Waals surface area contributed by atoms with Crippen molar-refractivity contribution in [1.82, 2.24) is 0 Å². The Hall–Kier alpha value is -4.49. The maximum atomic E-state index is 13.7. The first-order valence-corrected chi connectivity index (χ1v) is 15.7. The number of rotatable bonds is 12. The van der Waals surface area contributed by atoms with E-state index in [-0.39, 0.29) is 43.3 Å². The second kappa shape index (κ2) is 14.3. The van der Waals surface area contributed by atoms with E-state index < -0.39 is 35.7 Å². The highest BCUT2D eigenvalue weighted by Gasteiger charge is 2.40. The Kier molecular flexibility index (Phi) is 10.4. The molecule has 4 N–H and O–H groups in total. The van der Waals surface area contributed by atoms with E-state index in [9.17, 15) is 24.9 Å². The van der Waals surface area contributed by atoms with Crippen molar-refractivity contribution in [2.24, 2.45) is 5.41 Å². The van der Waals surface area contributed by atoms with E-state index in [1.807, 2.05) is 19.9 Å². The van der Waals surface area contributed by atoms with Gasteiger partial charge in [-0.3, -0.25) is 4.79 Å². The van der Waals surface area contributed by atoms with Crippen molar-refractivity contribution in [3.8, 4) is 17.2 Å². The van der Waals surface area contributed by atoms with Gasteiger partial charge in [-0.1, -0.05) is 37.6 Å². The third-order valence-corrected chi connectivity index (χ3v) is 8.28. The molecule has 3 atom stereocenters. The first kappa shape index (κ1) is 34.8. The van der Waals surface area contributed by atoms with Crippen molar-refractivity contribution in [1.29, 1.82) is 0 Å². The van der Waals surface area contributed by atoms with Crippen molar-refractivity contribution >= 4 is 45.8 Å². The van der Waals surface area contributed by atoms with Crippen LogP contribution in [0.15, 0.2) is 59.0 Å². The Morgan fingerprint density at radius 3 is 2.48 bits per heavy atom. The van der Waals surface area contributed by atoms with E-state index in [2.05, 4.69) is 5.32 Å². The van der Waals surface area contributed by atoms with E-state index >= 15 is 0 Å². The number of hydrogen-bond acceptors (Lipinski definition) is 10. The third-order valence-electron chi connectivity index (χ3n) is 8.05. The first-order chi connectivity index (χ1) is 22.9. The highest BCUT2D eigenvalue weighted by molar-refractivity contribution is 6.30. The maximum Gasteiger partial charge on any atom is 0.371 e. The van der Waals surface area contributed by atoms with Crippen LogP contribution in [0.5, 0.6) is 17.2 Å².